The second kappa shape index (κ2) is 8.76. The molecule has 0 N–H and O–H groups in total. The number of ether oxygens (including phenoxy) is 1. The molecule has 26 heavy (non-hydrogen) atoms. The van der Waals surface area contributed by atoms with Crippen molar-refractivity contribution in [3.05, 3.63) is 5.82 Å². The van der Waals surface area contributed by atoms with Crippen molar-refractivity contribution in [2.24, 2.45) is 0 Å². The fourth-order valence-electron chi connectivity index (χ4n) is 5.03. The van der Waals surface area contributed by atoms with Crippen molar-refractivity contribution in [2.75, 3.05) is 32.8 Å². The van der Waals surface area contributed by atoms with E-state index in [1.165, 1.54) is 45.2 Å². The summed E-state index contributed by atoms with van der Waals surface area (Å²) in [5.74, 6) is 1.02. The van der Waals surface area contributed by atoms with Crippen LogP contribution in [0, 0.1) is 0 Å². The lowest BCUT2D eigenvalue weighted by atomic mass is 9.93. The van der Waals surface area contributed by atoms with E-state index in [2.05, 4.69) is 32.2 Å². The smallest absolute Gasteiger partial charge is 0.168 e. The molecule has 0 bridgehead atoms. The van der Waals surface area contributed by atoms with E-state index in [0.717, 1.165) is 57.4 Å². The predicted octanol–water partition coefficient (Wildman–Crippen LogP) is 2.25. The molecule has 1 aliphatic carbocycles. The Morgan fingerprint density at radius 2 is 1.85 bits per heavy atom. The molecule has 2 atom stereocenters. The highest BCUT2D eigenvalue weighted by Gasteiger charge is 2.31. The first kappa shape index (κ1) is 18.3. The molecule has 1 aromatic heterocycles. The number of hydrogen-bond acceptors (Lipinski definition) is 6. The van der Waals surface area contributed by atoms with E-state index < -0.39 is 0 Å². The van der Waals surface area contributed by atoms with Gasteiger partial charge in [-0.25, -0.2) is 4.68 Å². The maximum atomic E-state index is 5.78. The molecule has 0 spiro atoms. The quantitative estimate of drug-likeness (QED) is 0.774. The van der Waals surface area contributed by atoms with Crippen molar-refractivity contribution in [1.29, 1.82) is 0 Å². The second-order valence-electron chi connectivity index (χ2n) is 8.14. The van der Waals surface area contributed by atoms with Gasteiger partial charge in [0.05, 0.1) is 18.7 Å². The van der Waals surface area contributed by atoms with Crippen LogP contribution >= 0.6 is 0 Å². The van der Waals surface area contributed by atoms with Crippen LogP contribution in [0.15, 0.2) is 0 Å². The lowest BCUT2D eigenvalue weighted by Crippen LogP contribution is -2.51. The van der Waals surface area contributed by atoms with E-state index in [1.807, 2.05) is 4.68 Å². The van der Waals surface area contributed by atoms with Crippen molar-refractivity contribution in [2.45, 2.75) is 83.0 Å². The Morgan fingerprint density at radius 1 is 1.04 bits per heavy atom. The van der Waals surface area contributed by atoms with Gasteiger partial charge in [-0.3, -0.25) is 9.80 Å². The Hall–Kier alpha value is -1.05. The van der Waals surface area contributed by atoms with Crippen LogP contribution < -0.4 is 0 Å². The minimum Gasteiger partial charge on any atom is -0.376 e. The Bertz CT molecular complexity index is 544. The van der Waals surface area contributed by atoms with Crippen molar-refractivity contribution in [3.8, 4) is 0 Å². The van der Waals surface area contributed by atoms with Crippen molar-refractivity contribution in [3.63, 3.8) is 0 Å². The van der Waals surface area contributed by atoms with Gasteiger partial charge in [-0.15, -0.1) is 5.10 Å². The first-order valence-corrected chi connectivity index (χ1v) is 10.7. The van der Waals surface area contributed by atoms with Crippen LogP contribution in [0.4, 0.5) is 0 Å². The zero-order chi connectivity index (χ0) is 17.8. The molecule has 7 nitrogen and oxygen atoms in total. The summed E-state index contributed by atoms with van der Waals surface area (Å²) in [4.78, 5) is 5.33. The van der Waals surface area contributed by atoms with Crippen LogP contribution in [-0.2, 0) is 11.3 Å². The van der Waals surface area contributed by atoms with Gasteiger partial charge in [-0.2, -0.15) is 0 Å². The number of rotatable bonds is 6. The predicted molar refractivity (Wildman–Crippen MR) is 99.8 cm³/mol. The van der Waals surface area contributed by atoms with Crippen LogP contribution in [0.3, 0.4) is 0 Å². The van der Waals surface area contributed by atoms with E-state index in [-0.39, 0.29) is 6.10 Å². The molecule has 0 unspecified atom stereocenters. The summed E-state index contributed by atoms with van der Waals surface area (Å²) >= 11 is 0. The number of aromatic nitrogens is 4. The zero-order valence-electron chi connectivity index (χ0n) is 16.2. The summed E-state index contributed by atoms with van der Waals surface area (Å²) in [6.45, 7) is 8.55. The Balaban J connectivity index is 1.36. The van der Waals surface area contributed by atoms with Crippen LogP contribution in [0.1, 0.15) is 70.2 Å². The molecule has 2 saturated heterocycles. The SMILES string of the molecule is CC[C@@H](c1nnnn1C[C@@H]1CCCO1)N1CCN(C2CCCCC2)CC1. The molecule has 2 aliphatic heterocycles. The average Bonchev–Trinajstić information content (AvgIpc) is 3.37. The molecule has 146 valence electrons. The molecular weight excluding hydrogens is 328 g/mol. The summed E-state index contributed by atoms with van der Waals surface area (Å²) in [6, 6.07) is 1.15. The third kappa shape index (κ3) is 4.10. The highest BCUT2D eigenvalue weighted by Crippen LogP contribution is 2.27. The van der Waals surface area contributed by atoms with Crippen LogP contribution in [-0.4, -0.2) is 74.9 Å². The average molecular weight is 363 g/mol. The molecule has 3 heterocycles. The van der Waals surface area contributed by atoms with E-state index in [4.69, 9.17) is 4.74 Å². The molecular formula is C19H34N6O. The molecule has 0 amide bonds. The van der Waals surface area contributed by atoms with Gasteiger partial charge in [-0.1, -0.05) is 26.2 Å². The third-order valence-corrected chi connectivity index (χ3v) is 6.53. The normalized spacial score (nSPS) is 27.8. The summed E-state index contributed by atoms with van der Waals surface area (Å²) in [6.07, 6.45) is 10.7. The van der Waals surface area contributed by atoms with Gasteiger partial charge in [-0.05, 0) is 42.5 Å². The van der Waals surface area contributed by atoms with Crippen molar-refractivity contribution >= 4 is 0 Å². The number of tetrazole rings is 1. The summed E-state index contributed by atoms with van der Waals surface area (Å²) < 4.78 is 7.78. The maximum Gasteiger partial charge on any atom is 0.168 e. The zero-order valence-corrected chi connectivity index (χ0v) is 16.2. The van der Waals surface area contributed by atoms with Gasteiger partial charge in [0, 0.05) is 38.8 Å². The molecule has 1 saturated carbocycles. The fourth-order valence-corrected chi connectivity index (χ4v) is 5.03. The van der Waals surface area contributed by atoms with Crippen LogP contribution in [0.2, 0.25) is 0 Å². The first-order valence-electron chi connectivity index (χ1n) is 10.7. The molecule has 3 fully saturated rings. The van der Waals surface area contributed by atoms with E-state index in [0.29, 0.717) is 6.04 Å². The molecule has 0 radical (unpaired) electrons. The minimum absolute atomic E-state index is 0.276. The molecule has 1 aromatic rings. The van der Waals surface area contributed by atoms with E-state index >= 15 is 0 Å². The van der Waals surface area contributed by atoms with Gasteiger partial charge in [0.2, 0.25) is 0 Å². The highest BCUT2D eigenvalue weighted by atomic mass is 16.5. The van der Waals surface area contributed by atoms with E-state index in [1.54, 1.807) is 0 Å². The van der Waals surface area contributed by atoms with Gasteiger partial charge in [0.15, 0.2) is 5.82 Å². The third-order valence-electron chi connectivity index (χ3n) is 6.53. The van der Waals surface area contributed by atoms with Gasteiger partial charge in [0.25, 0.3) is 0 Å². The largest absolute Gasteiger partial charge is 0.376 e. The highest BCUT2D eigenvalue weighted by molar-refractivity contribution is 4.95. The number of piperazine rings is 1. The second-order valence-corrected chi connectivity index (χ2v) is 8.14. The molecule has 0 aromatic carbocycles. The molecule has 7 heteroatoms. The summed E-state index contributed by atoms with van der Waals surface area (Å²) in [7, 11) is 0. The topological polar surface area (TPSA) is 59.3 Å². The first-order chi connectivity index (χ1) is 12.8. The Labute approximate surface area is 157 Å². The molecule has 3 aliphatic rings. The van der Waals surface area contributed by atoms with Gasteiger partial charge < -0.3 is 4.74 Å². The lowest BCUT2D eigenvalue weighted by Gasteiger charge is -2.42. The van der Waals surface area contributed by atoms with Gasteiger partial charge in [0.1, 0.15) is 0 Å². The fraction of sp³-hybridized carbons (Fsp3) is 0.947. The Kier molecular flexibility index (Phi) is 6.17. The van der Waals surface area contributed by atoms with Crippen molar-refractivity contribution in [1.82, 2.24) is 30.0 Å². The number of nitrogens with zero attached hydrogens (tertiary/aromatic N) is 6. The minimum atomic E-state index is 0.276. The van der Waals surface area contributed by atoms with Gasteiger partial charge >= 0.3 is 0 Å². The lowest BCUT2D eigenvalue weighted by molar-refractivity contribution is 0.0493. The monoisotopic (exact) mass is 362 g/mol. The summed E-state index contributed by atoms with van der Waals surface area (Å²) in [5, 5.41) is 12.7. The maximum absolute atomic E-state index is 5.78. The molecule has 4 rings (SSSR count). The van der Waals surface area contributed by atoms with Crippen molar-refractivity contribution < 1.29 is 4.74 Å². The Morgan fingerprint density at radius 3 is 2.54 bits per heavy atom. The van der Waals surface area contributed by atoms with Crippen LogP contribution in [0.25, 0.3) is 0 Å². The number of hydrogen-bond donors (Lipinski definition) is 0. The summed E-state index contributed by atoms with van der Waals surface area (Å²) in [5.41, 5.74) is 0. The van der Waals surface area contributed by atoms with E-state index in [9.17, 15) is 0 Å². The van der Waals surface area contributed by atoms with Crippen LogP contribution in [0.5, 0.6) is 0 Å². The standard InChI is InChI=1S/C19H34N6O/c1-2-18(19-20-21-22-25(19)15-17-9-6-14-26-17)24-12-10-23(11-13-24)16-7-4-3-5-8-16/h16-18H,2-15H2,1H3/t17-,18-/m0/s1.